The average molecular weight is 425 g/mol. The smallest absolute Gasteiger partial charge is 0.226 e. The molecular weight excluding hydrogens is 400 g/mol. The Hall–Kier alpha value is -3.06. The normalized spacial score (nSPS) is 16.7. The van der Waals surface area contributed by atoms with Gasteiger partial charge in [0.1, 0.15) is 17.8 Å². The summed E-state index contributed by atoms with van der Waals surface area (Å²) in [6.07, 6.45) is 4.42. The van der Waals surface area contributed by atoms with Gasteiger partial charge in [-0.2, -0.15) is 0 Å². The Morgan fingerprint density at radius 2 is 2.13 bits per heavy atom. The van der Waals surface area contributed by atoms with Crippen LogP contribution in [0.2, 0.25) is 5.02 Å². The number of aliphatic imine (C=N–C) groups is 1. The molecule has 1 aliphatic rings. The average Bonchev–Trinajstić information content (AvgIpc) is 3.43. The van der Waals surface area contributed by atoms with Gasteiger partial charge in [0, 0.05) is 37.4 Å². The number of hydrogen-bond acceptors (Lipinski definition) is 5. The van der Waals surface area contributed by atoms with Gasteiger partial charge in [-0.15, -0.1) is 0 Å². The molecular formula is C22H25ClN6O. The molecule has 1 saturated heterocycles. The third kappa shape index (κ3) is 4.91. The Bertz CT molecular complexity index is 990. The van der Waals surface area contributed by atoms with Gasteiger partial charge in [0.05, 0.1) is 11.6 Å². The second-order valence-corrected chi connectivity index (χ2v) is 7.50. The van der Waals surface area contributed by atoms with Crippen molar-refractivity contribution in [1.82, 2.24) is 20.6 Å². The van der Waals surface area contributed by atoms with Crippen LogP contribution in [0.1, 0.15) is 19.0 Å². The van der Waals surface area contributed by atoms with Crippen LogP contribution < -0.4 is 15.5 Å². The standard InChI is InChI=1S/C22H25ClN6O/c1-2-24-22(26-13-18-15-30-21(27-18)16-7-4-3-5-8-16)28-17-10-12-29(14-17)20-19(23)9-6-11-25-20/h3-9,11,15,17H,2,10,12-14H2,1H3,(H2,24,26,28). The lowest BCUT2D eigenvalue weighted by molar-refractivity contribution is 0.572. The number of halogens is 1. The third-order valence-corrected chi connectivity index (χ3v) is 5.18. The van der Waals surface area contributed by atoms with Gasteiger partial charge in [0.25, 0.3) is 0 Å². The van der Waals surface area contributed by atoms with Gasteiger partial charge < -0.3 is 20.0 Å². The highest BCUT2D eigenvalue weighted by Gasteiger charge is 2.25. The van der Waals surface area contributed by atoms with Gasteiger partial charge in [-0.1, -0.05) is 29.8 Å². The van der Waals surface area contributed by atoms with E-state index in [0.29, 0.717) is 17.5 Å². The molecule has 1 aromatic carbocycles. The highest BCUT2D eigenvalue weighted by molar-refractivity contribution is 6.32. The molecule has 1 atom stereocenters. The molecule has 3 aromatic rings. The fraction of sp³-hybridized carbons (Fsp3) is 0.318. The summed E-state index contributed by atoms with van der Waals surface area (Å²) in [5.41, 5.74) is 1.75. The van der Waals surface area contributed by atoms with Crippen molar-refractivity contribution in [3.05, 3.63) is 65.6 Å². The summed E-state index contributed by atoms with van der Waals surface area (Å²) in [5.74, 6) is 2.21. The van der Waals surface area contributed by atoms with Crippen molar-refractivity contribution in [3.8, 4) is 11.5 Å². The van der Waals surface area contributed by atoms with Gasteiger partial charge >= 0.3 is 0 Å². The highest BCUT2D eigenvalue weighted by Crippen LogP contribution is 2.25. The maximum absolute atomic E-state index is 6.29. The lowest BCUT2D eigenvalue weighted by Crippen LogP contribution is -2.44. The van der Waals surface area contributed by atoms with E-state index in [9.17, 15) is 0 Å². The molecule has 1 fully saturated rings. The fourth-order valence-electron chi connectivity index (χ4n) is 3.45. The molecule has 0 spiro atoms. The molecule has 0 amide bonds. The van der Waals surface area contributed by atoms with Gasteiger partial charge in [0.2, 0.25) is 5.89 Å². The summed E-state index contributed by atoms with van der Waals surface area (Å²) in [7, 11) is 0. The SMILES string of the molecule is CCNC(=NCc1coc(-c2ccccc2)n1)NC1CCN(c2ncccc2Cl)C1. The van der Waals surface area contributed by atoms with E-state index in [1.165, 1.54) is 0 Å². The Morgan fingerprint density at radius 3 is 2.93 bits per heavy atom. The number of benzene rings is 1. The minimum atomic E-state index is 0.262. The Labute approximate surface area is 181 Å². The summed E-state index contributed by atoms with van der Waals surface area (Å²) in [6, 6.07) is 13.8. The molecule has 0 aliphatic carbocycles. The Morgan fingerprint density at radius 1 is 1.27 bits per heavy atom. The van der Waals surface area contributed by atoms with Crippen LogP contribution in [0.15, 0.2) is 64.3 Å². The summed E-state index contributed by atoms with van der Waals surface area (Å²) in [4.78, 5) is 15.8. The Kier molecular flexibility index (Phi) is 6.49. The molecule has 2 aromatic heterocycles. The van der Waals surface area contributed by atoms with Crippen molar-refractivity contribution >= 4 is 23.4 Å². The number of guanidine groups is 1. The van der Waals surface area contributed by atoms with E-state index in [-0.39, 0.29) is 6.04 Å². The minimum Gasteiger partial charge on any atom is -0.444 e. The third-order valence-electron chi connectivity index (χ3n) is 4.88. The summed E-state index contributed by atoms with van der Waals surface area (Å²) < 4.78 is 5.60. The maximum Gasteiger partial charge on any atom is 0.226 e. The lowest BCUT2D eigenvalue weighted by atomic mass is 10.2. The largest absolute Gasteiger partial charge is 0.444 e. The molecule has 0 radical (unpaired) electrons. The number of oxazole rings is 1. The first-order valence-electron chi connectivity index (χ1n) is 10.1. The molecule has 1 unspecified atom stereocenters. The molecule has 8 heteroatoms. The van der Waals surface area contributed by atoms with Gasteiger partial charge in [-0.3, -0.25) is 0 Å². The zero-order valence-corrected chi connectivity index (χ0v) is 17.6. The number of rotatable bonds is 6. The van der Waals surface area contributed by atoms with E-state index in [4.69, 9.17) is 16.0 Å². The van der Waals surface area contributed by atoms with Crippen molar-refractivity contribution < 1.29 is 4.42 Å². The van der Waals surface area contributed by atoms with Crippen LogP contribution in [0, 0.1) is 0 Å². The fourth-order valence-corrected chi connectivity index (χ4v) is 3.69. The zero-order valence-electron chi connectivity index (χ0n) is 16.9. The van der Waals surface area contributed by atoms with Gasteiger partial charge in [0.15, 0.2) is 5.96 Å². The predicted octanol–water partition coefficient (Wildman–Crippen LogP) is 3.72. The first kappa shape index (κ1) is 20.2. The topological polar surface area (TPSA) is 78.6 Å². The molecule has 2 N–H and O–H groups in total. The van der Waals surface area contributed by atoms with Crippen LogP contribution in [0.25, 0.3) is 11.5 Å². The number of nitrogens with zero attached hydrogens (tertiary/aromatic N) is 4. The zero-order chi connectivity index (χ0) is 20.8. The molecule has 3 heterocycles. The van der Waals surface area contributed by atoms with Gasteiger partial charge in [-0.05, 0) is 37.6 Å². The predicted molar refractivity (Wildman–Crippen MR) is 120 cm³/mol. The molecule has 30 heavy (non-hydrogen) atoms. The van der Waals surface area contributed by atoms with E-state index >= 15 is 0 Å². The number of hydrogen-bond donors (Lipinski definition) is 2. The number of aromatic nitrogens is 2. The van der Waals surface area contributed by atoms with Crippen molar-refractivity contribution in [2.75, 3.05) is 24.5 Å². The molecule has 7 nitrogen and oxygen atoms in total. The molecule has 0 bridgehead atoms. The molecule has 156 valence electrons. The number of nitrogens with one attached hydrogen (secondary N) is 2. The van der Waals surface area contributed by atoms with Crippen LogP contribution in [0.4, 0.5) is 5.82 Å². The second kappa shape index (κ2) is 9.63. The number of pyridine rings is 1. The first-order valence-corrected chi connectivity index (χ1v) is 10.5. The van der Waals surface area contributed by atoms with E-state index in [1.807, 2.05) is 42.5 Å². The summed E-state index contributed by atoms with van der Waals surface area (Å²) >= 11 is 6.29. The summed E-state index contributed by atoms with van der Waals surface area (Å²) in [6.45, 7) is 4.99. The number of anilines is 1. The summed E-state index contributed by atoms with van der Waals surface area (Å²) in [5, 5.41) is 7.50. The Balaban J connectivity index is 1.38. The van der Waals surface area contributed by atoms with E-state index in [0.717, 1.165) is 49.1 Å². The maximum atomic E-state index is 6.29. The van der Waals surface area contributed by atoms with Crippen LogP contribution in [0.3, 0.4) is 0 Å². The van der Waals surface area contributed by atoms with Crippen LogP contribution in [-0.2, 0) is 6.54 Å². The first-order chi connectivity index (χ1) is 14.7. The van der Waals surface area contributed by atoms with E-state index in [2.05, 4.69) is 37.4 Å². The van der Waals surface area contributed by atoms with E-state index < -0.39 is 0 Å². The molecule has 0 saturated carbocycles. The lowest BCUT2D eigenvalue weighted by Gasteiger charge is -2.20. The van der Waals surface area contributed by atoms with Crippen molar-refractivity contribution in [2.24, 2.45) is 4.99 Å². The van der Waals surface area contributed by atoms with Gasteiger partial charge in [-0.25, -0.2) is 15.0 Å². The highest BCUT2D eigenvalue weighted by atomic mass is 35.5. The van der Waals surface area contributed by atoms with Crippen LogP contribution in [0.5, 0.6) is 0 Å². The second-order valence-electron chi connectivity index (χ2n) is 7.09. The quantitative estimate of drug-likeness (QED) is 0.463. The minimum absolute atomic E-state index is 0.262. The monoisotopic (exact) mass is 424 g/mol. The van der Waals surface area contributed by atoms with Crippen molar-refractivity contribution in [2.45, 2.75) is 25.9 Å². The molecule has 4 rings (SSSR count). The van der Waals surface area contributed by atoms with Crippen LogP contribution in [-0.4, -0.2) is 41.6 Å². The van der Waals surface area contributed by atoms with E-state index in [1.54, 1.807) is 12.5 Å². The molecule has 1 aliphatic heterocycles. The van der Waals surface area contributed by atoms with Crippen molar-refractivity contribution in [3.63, 3.8) is 0 Å². The van der Waals surface area contributed by atoms with Crippen molar-refractivity contribution in [1.29, 1.82) is 0 Å². The van der Waals surface area contributed by atoms with Crippen LogP contribution >= 0.6 is 11.6 Å².